The van der Waals surface area contributed by atoms with Crippen LogP contribution in [0, 0.1) is 0 Å². The molecular weight excluding hydrogens is 460 g/mol. The van der Waals surface area contributed by atoms with E-state index in [-0.39, 0.29) is 30.9 Å². The number of likely N-dealkylation sites (N-methyl/N-ethyl adjacent to an activating group) is 1. The second-order valence-electron chi connectivity index (χ2n) is 8.73. The highest BCUT2D eigenvalue weighted by Crippen LogP contribution is 2.35. The molecular formula is C27H28N4O3S. The largest absolute Gasteiger partial charge is 0.467 e. The number of aromatic nitrogens is 1. The normalized spacial score (nSPS) is 16.3. The van der Waals surface area contributed by atoms with E-state index in [1.165, 1.54) is 4.70 Å². The van der Waals surface area contributed by atoms with Gasteiger partial charge in [-0.15, -0.1) is 11.3 Å². The van der Waals surface area contributed by atoms with Crippen molar-refractivity contribution in [3.8, 4) is 0 Å². The third-order valence-corrected chi connectivity index (χ3v) is 7.57. The molecule has 35 heavy (non-hydrogen) atoms. The molecule has 2 amide bonds. The number of likely N-dealkylation sites (tertiary alicyclic amines) is 1. The van der Waals surface area contributed by atoms with Crippen LogP contribution in [0.3, 0.4) is 0 Å². The van der Waals surface area contributed by atoms with Crippen LogP contribution in [0.15, 0.2) is 71.3 Å². The number of rotatable bonds is 7. The fourth-order valence-electron chi connectivity index (χ4n) is 4.54. The number of hydrogen-bond acceptors (Lipinski definition) is 6. The molecule has 3 heterocycles. The highest BCUT2D eigenvalue weighted by molar-refractivity contribution is 7.18. The van der Waals surface area contributed by atoms with Gasteiger partial charge in [0.15, 0.2) is 0 Å². The quantitative estimate of drug-likeness (QED) is 0.396. The topological polar surface area (TPSA) is 78.7 Å². The number of para-hydroxylation sites is 2. The molecule has 1 aliphatic rings. The van der Waals surface area contributed by atoms with Gasteiger partial charge in [-0.2, -0.15) is 0 Å². The second kappa shape index (κ2) is 10.4. The number of fused-ring (bicyclic) bond motifs is 1. The molecule has 1 N–H and O–H groups in total. The summed E-state index contributed by atoms with van der Waals surface area (Å²) in [6.45, 7) is 1.42. The first-order valence-electron chi connectivity index (χ1n) is 11.9. The smallest absolute Gasteiger partial charge is 0.253 e. The first-order chi connectivity index (χ1) is 17.1. The summed E-state index contributed by atoms with van der Waals surface area (Å²) in [5.74, 6) is 0.373. The summed E-state index contributed by atoms with van der Waals surface area (Å²) in [6.07, 6.45) is 4.75. The lowest BCUT2D eigenvalue weighted by atomic mass is 10.0. The van der Waals surface area contributed by atoms with Crippen molar-refractivity contribution in [2.75, 3.05) is 25.0 Å². The molecule has 2 aromatic heterocycles. The van der Waals surface area contributed by atoms with Crippen LogP contribution in [0.1, 0.15) is 46.4 Å². The maximum absolute atomic E-state index is 13.4. The van der Waals surface area contributed by atoms with Gasteiger partial charge in [0.1, 0.15) is 10.8 Å². The van der Waals surface area contributed by atoms with E-state index >= 15 is 0 Å². The Morgan fingerprint density at radius 1 is 1.11 bits per heavy atom. The average molecular weight is 489 g/mol. The molecule has 1 aliphatic heterocycles. The van der Waals surface area contributed by atoms with Crippen molar-refractivity contribution in [1.82, 2.24) is 15.2 Å². The fourth-order valence-corrected chi connectivity index (χ4v) is 5.68. The molecule has 0 unspecified atom stereocenters. The van der Waals surface area contributed by atoms with Crippen LogP contribution in [-0.2, 0) is 11.3 Å². The van der Waals surface area contributed by atoms with Crippen molar-refractivity contribution in [3.63, 3.8) is 0 Å². The van der Waals surface area contributed by atoms with Gasteiger partial charge >= 0.3 is 0 Å². The van der Waals surface area contributed by atoms with Crippen LogP contribution in [-0.4, -0.2) is 41.8 Å². The van der Waals surface area contributed by atoms with Crippen molar-refractivity contribution < 1.29 is 14.0 Å². The molecule has 0 bridgehead atoms. The maximum Gasteiger partial charge on any atom is 0.253 e. The van der Waals surface area contributed by atoms with Crippen LogP contribution in [0.2, 0.25) is 0 Å². The van der Waals surface area contributed by atoms with E-state index in [2.05, 4.69) is 16.3 Å². The van der Waals surface area contributed by atoms with Crippen molar-refractivity contribution >= 4 is 39.1 Å². The molecule has 0 radical (unpaired) electrons. The lowest BCUT2D eigenvalue weighted by molar-refractivity contribution is -0.120. The first-order valence-corrected chi connectivity index (χ1v) is 12.7. The molecule has 7 nitrogen and oxygen atoms in total. The summed E-state index contributed by atoms with van der Waals surface area (Å²) < 4.78 is 6.47. The summed E-state index contributed by atoms with van der Waals surface area (Å²) in [5, 5.41) is 3.94. The Hall–Kier alpha value is -3.49. The molecule has 0 aliphatic carbocycles. The zero-order valence-electron chi connectivity index (χ0n) is 19.6. The number of piperidine rings is 1. The summed E-state index contributed by atoms with van der Waals surface area (Å²) >= 11 is 1.71. The molecule has 0 spiro atoms. The second-order valence-corrected chi connectivity index (χ2v) is 9.80. The van der Waals surface area contributed by atoms with Gasteiger partial charge in [-0.05, 0) is 55.8 Å². The fraction of sp³-hybridized carbons (Fsp3) is 0.296. The van der Waals surface area contributed by atoms with Crippen molar-refractivity contribution in [3.05, 3.63) is 83.3 Å². The molecule has 1 atom stereocenters. The minimum absolute atomic E-state index is 0.0516. The Kier molecular flexibility index (Phi) is 6.92. The van der Waals surface area contributed by atoms with E-state index in [0.717, 1.165) is 36.3 Å². The van der Waals surface area contributed by atoms with Gasteiger partial charge < -0.3 is 14.6 Å². The third-order valence-electron chi connectivity index (χ3n) is 6.43. The van der Waals surface area contributed by atoms with Crippen molar-refractivity contribution in [1.29, 1.82) is 0 Å². The molecule has 0 saturated carbocycles. The number of furan rings is 1. The highest BCUT2D eigenvalue weighted by Gasteiger charge is 2.30. The van der Waals surface area contributed by atoms with Crippen LogP contribution in [0.5, 0.6) is 0 Å². The Morgan fingerprint density at radius 3 is 2.77 bits per heavy atom. The number of carbonyl (C=O) groups is 2. The lowest BCUT2D eigenvalue weighted by Crippen LogP contribution is -2.43. The zero-order chi connectivity index (χ0) is 24.2. The summed E-state index contributed by atoms with van der Waals surface area (Å²) in [7, 11) is 1.73. The molecule has 1 saturated heterocycles. The summed E-state index contributed by atoms with van der Waals surface area (Å²) in [4.78, 5) is 35.0. The zero-order valence-corrected chi connectivity index (χ0v) is 20.5. The molecule has 1 fully saturated rings. The van der Waals surface area contributed by atoms with Crippen molar-refractivity contribution in [2.45, 2.75) is 31.8 Å². The van der Waals surface area contributed by atoms with Crippen molar-refractivity contribution in [2.24, 2.45) is 0 Å². The summed E-state index contributed by atoms with van der Waals surface area (Å²) in [6, 6.07) is 19.1. The van der Waals surface area contributed by atoms with Crippen LogP contribution in [0.25, 0.3) is 10.2 Å². The maximum atomic E-state index is 13.4. The standard InChI is InChI=1S/C27H28N4O3S/c1-30(22-12-4-2-10-20(22)26(33)28-17-19-9-8-16-34-19)25(32)18-31-15-7-6-13-23(31)27-29-21-11-3-5-14-24(21)35-27/h2-5,8-12,14,16,23H,6-7,13,15,17-18H2,1H3,(H,28,33)/t23-/m0/s1. The van der Waals surface area contributed by atoms with E-state index in [1.807, 2.05) is 30.3 Å². The Labute approximate surface area is 208 Å². The van der Waals surface area contributed by atoms with Gasteiger partial charge in [-0.3, -0.25) is 14.5 Å². The molecule has 4 aromatic rings. The average Bonchev–Trinajstić information content (AvgIpc) is 3.57. The number of nitrogens with one attached hydrogen (secondary N) is 1. The van der Waals surface area contributed by atoms with Crippen LogP contribution >= 0.6 is 11.3 Å². The van der Waals surface area contributed by atoms with Gasteiger partial charge in [-0.25, -0.2) is 4.98 Å². The summed E-state index contributed by atoms with van der Waals surface area (Å²) in [5.41, 5.74) is 2.05. The molecule has 5 rings (SSSR count). The molecule has 2 aromatic carbocycles. The van der Waals surface area contributed by atoms with E-state index < -0.39 is 0 Å². The SMILES string of the molecule is CN(C(=O)CN1CCCC[C@H]1c1nc2ccccc2s1)c1ccccc1C(=O)NCc1ccco1. The minimum Gasteiger partial charge on any atom is -0.467 e. The monoisotopic (exact) mass is 488 g/mol. The van der Waals surface area contributed by atoms with E-state index in [9.17, 15) is 9.59 Å². The number of benzene rings is 2. The van der Waals surface area contributed by atoms with Gasteiger partial charge in [-0.1, -0.05) is 30.7 Å². The lowest BCUT2D eigenvalue weighted by Gasteiger charge is -2.35. The highest BCUT2D eigenvalue weighted by atomic mass is 32.1. The molecule has 180 valence electrons. The van der Waals surface area contributed by atoms with Gasteiger partial charge in [0.25, 0.3) is 5.91 Å². The Morgan fingerprint density at radius 2 is 1.94 bits per heavy atom. The first kappa shape index (κ1) is 23.3. The predicted octanol–water partition coefficient (Wildman–Crippen LogP) is 5.01. The van der Waals surface area contributed by atoms with E-state index in [1.54, 1.807) is 53.8 Å². The number of anilines is 1. The number of hydrogen-bond donors (Lipinski definition) is 1. The van der Waals surface area contributed by atoms with Gasteiger partial charge in [0.2, 0.25) is 5.91 Å². The number of nitrogens with zero attached hydrogens (tertiary/aromatic N) is 3. The number of thiazole rings is 1. The Bertz CT molecular complexity index is 1280. The van der Waals surface area contributed by atoms with E-state index in [4.69, 9.17) is 9.40 Å². The Balaban J connectivity index is 1.30. The van der Waals surface area contributed by atoms with Crippen LogP contribution in [0.4, 0.5) is 5.69 Å². The van der Waals surface area contributed by atoms with Gasteiger partial charge in [0.05, 0.1) is 46.9 Å². The number of amides is 2. The predicted molar refractivity (Wildman–Crippen MR) is 138 cm³/mol. The minimum atomic E-state index is -0.248. The molecule has 8 heteroatoms. The number of carbonyl (C=O) groups excluding carboxylic acids is 2. The third kappa shape index (κ3) is 5.13. The van der Waals surface area contributed by atoms with Gasteiger partial charge in [0, 0.05) is 7.05 Å². The van der Waals surface area contributed by atoms with Crippen LogP contribution < -0.4 is 10.2 Å². The van der Waals surface area contributed by atoms with E-state index in [0.29, 0.717) is 17.0 Å².